The molecule has 0 atom stereocenters. The molecule has 0 radical (unpaired) electrons. The Balaban J connectivity index is 2.17. The van der Waals surface area contributed by atoms with Crippen LogP contribution < -0.4 is 11.5 Å². The van der Waals surface area contributed by atoms with E-state index in [1.54, 1.807) is 0 Å². The van der Waals surface area contributed by atoms with Gasteiger partial charge in [-0.3, -0.25) is 9.59 Å². The number of carbonyl (C=O) groups is 2. The highest BCUT2D eigenvalue weighted by atomic mass is 19.4. The van der Waals surface area contributed by atoms with E-state index < -0.39 is 57.3 Å². The van der Waals surface area contributed by atoms with Crippen molar-refractivity contribution in [3.63, 3.8) is 0 Å². The van der Waals surface area contributed by atoms with E-state index in [4.69, 9.17) is 11.5 Å². The van der Waals surface area contributed by atoms with Gasteiger partial charge in [0.2, 0.25) is 0 Å². The van der Waals surface area contributed by atoms with Crippen LogP contribution in [0.3, 0.4) is 0 Å². The lowest BCUT2D eigenvalue weighted by Crippen LogP contribution is -2.19. The minimum atomic E-state index is -4.93. The Morgan fingerprint density at radius 3 is 1.22 bits per heavy atom. The zero-order chi connectivity index (χ0) is 23.8. The van der Waals surface area contributed by atoms with E-state index in [0.717, 1.165) is 36.4 Å². The highest BCUT2D eigenvalue weighted by Gasteiger charge is 2.38. The maximum absolute atomic E-state index is 13.4. The van der Waals surface area contributed by atoms with Gasteiger partial charge in [0.1, 0.15) is 0 Å². The number of hydrogen-bond acceptors (Lipinski definition) is 4. The number of benzene rings is 3. The van der Waals surface area contributed by atoms with Crippen molar-refractivity contribution in [3.8, 4) is 0 Å². The van der Waals surface area contributed by atoms with Crippen LogP contribution in [0.15, 0.2) is 60.7 Å². The molecule has 32 heavy (non-hydrogen) atoms. The van der Waals surface area contributed by atoms with Gasteiger partial charge in [-0.1, -0.05) is 24.3 Å². The molecular weight excluding hydrogens is 438 g/mol. The van der Waals surface area contributed by atoms with Crippen molar-refractivity contribution in [2.75, 3.05) is 11.5 Å². The van der Waals surface area contributed by atoms with E-state index in [1.807, 2.05) is 0 Å². The van der Waals surface area contributed by atoms with E-state index in [1.165, 1.54) is 12.1 Å². The number of carbonyl (C=O) groups excluding carboxylic acids is 2. The third kappa shape index (κ3) is 4.43. The zero-order valence-electron chi connectivity index (χ0n) is 16.0. The lowest BCUT2D eigenvalue weighted by Gasteiger charge is -2.16. The summed E-state index contributed by atoms with van der Waals surface area (Å²) in [6.45, 7) is 0. The Morgan fingerprint density at radius 1 is 0.562 bits per heavy atom. The van der Waals surface area contributed by atoms with E-state index in [9.17, 15) is 35.9 Å². The predicted octanol–water partition coefficient (Wildman–Crippen LogP) is 5.35. The molecule has 4 N–H and O–H groups in total. The number of ketones is 2. The molecule has 0 spiro atoms. The van der Waals surface area contributed by atoms with Crippen LogP contribution in [0.25, 0.3) is 0 Å². The van der Waals surface area contributed by atoms with Crippen LogP contribution in [0, 0.1) is 0 Å². The second kappa shape index (κ2) is 8.03. The molecule has 0 saturated carbocycles. The van der Waals surface area contributed by atoms with Crippen LogP contribution in [0.2, 0.25) is 0 Å². The van der Waals surface area contributed by atoms with Gasteiger partial charge >= 0.3 is 12.4 Å². The zero-order valence-corrected chi connectivity index (χ0v) is 16.0. The molecule has 10 heteroatoms. The first kappa shape index (κ1) is 22.9. The molecule has 166 valence electrons. The first-order chi connectivity index (χ1) is 14.8. The largest absolute Gasteiger partial charge is 0.417 e. The highest BCUT2D eigenvalue weighted by Crippen LogP contribution is 2.36. The SMILES string of the molecule is Nc1ccc(C(=O)c2ccccc2C(=O)c2ccc(N)cc2C(F)(F)F)c(C(F)(F)F)c1. The van der Waals surface area contributed by atoms with E-state index >= 15 is 0 Å². The summed E-state index contributed by atoms with van der Waals surface area (Å²) in [5.74, 6) is -2.38. The fourth-order valence-corrected chi connectivity index (χ4v) is 3.16. The van der Waals surface area contributed by atoms with Crippen molar-refractivity contribution < 1.29 is 35.9 Å². The van der Waals surface area contributed by atoms with E-state index in [-0.39, 0.29) is 11.4 Å². The fraction of sp³-hybridized carbons (Fsp3) is 0.0909. The number of nitrogen functional groups attached to an aromatic ring is 2. The summed E-state index contributed by atoms with van der Waals surface area (Å²) in [6, 6.07) is 9.69. The first-order valence-corrected chi connectivity index (χ1v) is 8.92. The van der Waals surface area contributed by atoms with E-state index in [0.29, 0.717) is 12.1 Å². The second-order valence-electron chi connectivity index (χ2n) is 6.81. The topological polar surface area (TPSA) is 86.2 Å². The standard InChI is InChI=1S/C22H14F6N2O2/c23-21(24,25)17-9-11(29)5-7-15(17)19(31)13-3-1-2-4-14(13)20(32)16-8-6-12(30)10-18(16)22(26,27)28/h1-10H,29-30H2. The molecule has 0 aromatic heterocycles. The molecule has 3 aromatic carbocycles. The first-order valence-electron chi connectivity index (χ1n) is 8.92. The van der Waals surface area contributed by atoms with Crippen LogP contribution in [0.4, 0.5) is 37.7 Å². The number of nitrogens with two attached hydrogens (primary N) is 2. The van der Waals surface area contributed by atoms with Crippen molar-refractivity contribution >= 4 is 22.9 Å². The van der Waals surface area contributed by atoms with Gasteiger partial charge < -0.3 is 11.5 Å². The molecule has 3 aromatic rings. The Labute approximate surface area is 177 Å². The summed E-state index contributed by atoms with van der Waals surface area (Å²) in [6.07, 6.45) is -9.86. The van der Waals surface area contributed by atoms with Gasteiger partial charge in [-0.2, -0.15) is 26.3 Å². The summed E-state index contributed by atoms with van der Waals surface area (Å²) >= 11 is 0. The van der Waals surface area contributed by atoms with E-state index in [2.05, 4.69) is 0 Å². The summed E-state index contributed by atoms with van der Waals surface area (Å²) in [5, 5.41) is 0. The average Bonchev–Trinajstić information content (AvgIpc) is 2.71. The van der Waals surface area contributed by atoms with Gasteiger partial charge in [0.05, 0.1) is 11.1 Å². The third-order valence-electron chi connectivity index (χ3n) is 4.60. The molecule has 0 aliphatic heterocycles. The van der Waals surface area contributed by atoms with Crippen LogP contribution in [-0.4, -0.2) is 11.6 Å². The van der Waals surface area contributed by atoms with Crippen molar-refractivity contribution in [2.45, 2.75) is 12.4 Å². The lowest BCUT2D eigenvalue weighted by atomic mass is 9.89. The van der Waals surface area contributed by atoms with Gasteiger partial charge in [-0.25, -0.2) is 0 Å². The number of rotatable bonds is 4. The molecule has 0 aliphatic carbocycles. The Bertz CT molecular complexity index is 1120. The van der Waals surface area contributed by atoms with Gasteiger partial charge in [0, 0.05) is 33.6 Å². The predicted molar refractivity (Wildman–Crippen MR) is 105 cm³/mol. The summed E-state index contributed by atoms with van der Waals surface area (Å²) in [4.78, 5) is 26.0. The maximum atomic E-state index is 13.4. The molecule has 3 rings (SSSR count). The third-order valence-corrected chi connectivity index (χ3v) is 4.60. The van der Waals surface area contributed by atoms with Crippen LogP contribution in [-0.2, 0) is 12.4 Å². The summed E-state index contributed by atoms with van der Waals surface area (Å²) in [5.41, 5.74) is 5.12. The van der Waals surface area contributed by atoms with Crippen LogP contribution in [0.5, 0.6) is 0 Å². The smallest absolute Gasteiger partial charge is 0.399 e. The number of anilines is 2. The normalized spacial score (nSPS) is 11.9. The molecule has 0 fully saturated rings. The van der Waals surface area contributed by atoms with Crippen molar-refractivity contribution in [1.29, 1.82) is 0 Å². The number of alkyl halides is 6. The average molecular weight is 452 g/mol. The number of hydrogen-bond donors (Lipinski definition) is 2. The minimum Gasteiger partial charge on any atom is -0.399 e. The van der Waals surface area contributed by atoms with Crippen LogP contribution >= 0.6 is 0 Å². The van der Waals surface area contributed by atoms with Gasteiger partial charge in [-0.05, 0) is 36.4 Å². The molecular formula is C22H14F6N2O2. The van der Waals surface area contributed by atoms with Crippen molar-refractivity contribution in [3.05, 3.63) is 94.0 Å². The summed E-state index contributed by atoms with van der Waals surface area (Å²) in [7, 11) is 0. The maximum Gasteiger partial charge on any atom is 0.417 e. The van der Waals surface area contributed by atoms with Gasteiger partial charge in [-0.15, -0.1) is 0 Å². The quantitative estimate of drug-likeness (QED) is 0.317. The lowest BCUT2D eigenvalue weighted by molar-refractivity contribution is -0.138. The molecule has 0 aliphatic rings. The fourth-order valence-electron chi connectivity index (χ4n) is 3.16. The van der Waals surface area contributed by atoms with Crippen molar-refractivity contribution in [2.24, 2.45) is 0 Å². The van der Waals surface area contributed by atoms with Crippen LogP contribution in [0.1, 0.15) is 43.0 Å². The Morgan fingerprint density at radius 2 is 0.906 bits per heavy atom. The molecule has 0 bridgehead atoms. The molecule has 0 unspecified atom stereocenters. The Kier molecular flexibility index (Phi) is 5.73. The van der Waals surface area contributed by atoms with Gasteiger partial charge in [0.15, 0.2) is 11.6 Å². The minimum absolute atomic E-state index is 0.241. The molecule has 0 heterocycles. The summed E-state index contributed by atoms with van der Waals surface area (Å²) < 4.78 is 80.6. The highest BCUT2D eigenvalue weighted by molar-refractivity contribution is 6.20. The molecule has 0 saturated heterocycles. The molecule has 4 nitrogen and oxygen atoms in total. The second-order valence-corrected chi connectivity index (χ2v) is 6.81. The molecule has 0 amide bonds. The number of halogens is 6. The van der Waals surface area contributed by atoms with Crippen molar-refractivity contribution in [1.82, 2.24) is 0 Å². The monoisotopic (exact) mass is 452 g/mol. The van der Waals surface area contributed by atoms with Gasteiger partial charge in [0.25, 0.3) is 0 Å². The Hall–Kier alpha value is -3.82.